The van der Waals surface area contributed by atoms with E-state index in [1.807, 2.05) is 37.4 Å². The van der Waals surface area contributed by atoms with Crippen molar-refractivity contribution in [2.45, 2.75) is 45.4 Å². The van der Waals surface area contributed by atoms with E-state index in [4.69, 9.17) is 0 Å². The number of hydrogen-bond acceptors (Lipinski definition) is 4. The fourth-order valence-corrected chi connectivity index (χ4v) is 3.66. The molecule has 1 saturated heterocycles. The van der Waals surface area contributed by atoms with Crippen LogP contribution in [0.5, 0.6) is 0 Å². The molecule has 0 radical (unpaired) electrons. The third-order valence-electron chi connectivity index (χ3n) is 4.49. The lowest BCUT2D eigenvalue weighted by Crippen LogP contribution is -2.23. The first-order valence-electron chi connectivity index (χ1n) is 8.62. The average Bonchev–Trinajstić information content (AvgIpc) is 3.23. The van der Waals surface area contributed by atoms with Crippen LogP contribution in [-0.2, 0) is 9.59 Å². The highest BCUT2D eigenvalue weighted by Crippen LogP contribution is 2.27. The molecule has 0 bridgehead atoms. The molecule has 3 rings (SSSR count). The van der Waals surface area contributed by atoms with E-state index in [0.29, 0.717) is 17.5 Å². The smallest absolute Gasteiger partial charge is 0.233 e. The number of carbonyl (C=O) groups is 2. The molecule has 5 nitrogen and oxygen atoms in total. The van der Waals surface area contributed by atoms with Crippen LogP contribution in [0.2, 0.25) is 0 Å². The topological polar surface area (TPSA) is 62.3 Å². The monoisotopic (exact) mass is 357 g/mol. The maximum atomic E-state index is 12.5. The Morgan fingerprint density at radius 3 is 2.52 bits per heavy atom. The molecule has 132 valence electrons. The van der Waals surface area contributed by atoms with Gasteiger partial charge < -0.3 is 10.2 Å². The normalized spacial score (nSPS) is 15.7. The highest BCUT2D eigenvalue weighted by molar-refractivity contribution is 7.15. The summed E-state index contributed by atoms with van der Waals surface area (Å²) in [6.07, 6.45) is 3.34. The number of rotatable bonds is 5. The van der Waals surface area contributed by atoms with Gasteiger partial charge in [0.25, 0.3) is 0 Å². The molecule has 1 aliphatic heterocycles. The van der Waals surface area contributed by atoms with Crippen molar-refractivity contribution >= 4 is 34.0 Å². The SMILES string of the molecule is CC(C)c1cnc(NC(=O)[C@@H](C)c2ccc(N3CCCC3=O)cc2)s1. The number of benzene rings is 1. The summed E-state index contributed by atoms with van der Waals surface area (Å²) in [7, 11) is 0. The number of hydrogen-bond donors (Lipinski definition) is 1. The minimum Gasteiger partial charge on any atom is -0.312 e. The number of nitrogens with one attached hydrogen (secondary N) is 1. The van der Waals surface area contributed by atoms with Crippen LogP contribution in [0, 0.1) is 0 Å². The number of amides is 2. The number of nitrogens with zero attached hydrogens (tertiary/aromatic N) is 2. The second-order valence-electron chi connectivity index (χ2n) is 6.67. The summed E-state index contributed by atoms with van der Waals surface area (Å²) in [5, 5.41) is 3.53. The minimum absolute atomic E-state index is 0.0744. The molecule has 1 aromatic carbocycles. The third kappa shape index (κ3) is 3.90. The predicted molar refractivity (Wildman–Crippen MR) is 101 cm³/mol. The lowest BCUT2D eigenvalue weighted by atomic mass is 10.00. The fraction of sp³-hybridized carbons (Fsp3) is 0.421. The fourth-order valence-electron chi connectivity index (χ4n) is 2.84. The molecular formula is C19H23N3O2S. The Kier molecular flexibility index (Phi) is 5.18. The van der Waals surface area contributed by atoms with Crippen LogP contribution in [-0.4, -0.2) is 23.3 Å². The molecule has 1 N–H and O–H groups in total. The Morgan fingerprint density at radius 1 is 1.24 bits per heavy atom. The highest BCUT2D eigenvalue weighted by atomic mass is 32.1. The number of anilines is 2. The van der Waals surface area contributed by atoms with Gasteiger partial charge in [0.2, 0.25) is 11.8 Å². The van der Waals surface area contributed by atoms with Gasteiger partial charge in [-0.15, -0.1) is 11.3 Å². The summed E-state index contributed by atoms with van der Waals surface area (Å²) in [6, 6.07) is 7.68. The average molecular weight is 357 g/mol. The van der Waals surface area contributed by atoms with Gasteiger partial charge in [0.1, 0.15) is 0 Å². The van der Waals surface area contributed by atoms with Crippen LogP contribution in [0.3, 0.4) is 0 Å². The Labute approximate surface area is 152 Å². The van der Waals surface area contributed by atoms with Crippen molar-refractivity contribution in [3.05, 3.63) is 40.9 Å². The van der Waals surface area contributed by atoms with Gasteiger partial charge >= 0.3 is 0 Å². The van der Waals surface area contributed by atoms with Gasteiger partial charge in [-0.3, -0.25) is 9.59 Å². The number of aromatic nitrogens is 1. The molecule has 25 heavy (non-hydrogen) atoms. The van der Waals surface area contributed by atoms with E-state index in [1.54, 1.807) is 4.90 Å². The Balaban J connectivity index is 1.66. The van der Waals surface area contributed by atoms with Crippen molar-refractivity contribution in [3.8, 4) is 0 Å². The summed E-state index contributed by atoms with van der Waals surface area (Å²) >= 11 is 1.51. The van der Waals surface area contributed by atoms with Gasteiger partial charge in [-0.1, -0.05) is 26.0 Å². The van der Waals surface area contributed by atoms with E-state index < -0.39 is 0 Å². The molecule has 1 aromatic heterocycles. The van der Waals surface area contributed by atoms with Crippen molar-refractivity contribution in [1.29, 1.82) is 0 Å². The lowest BCUT2D eigenvalue weighted by molar-refractivity contribution is -0.118. The largest absolute Gasteiger partial charge is 0.312 e. The standard InChI is InChI=1S/C19H23N3O2S/c1-12(2)16-11-20-19(25-16)21-18(24)13(3)14-6-8-15(9-7-14)22-10-4-5-17(22)23/h6-9,11-13H,4-5,10H2,1-3H3,(H,20,21,24)/t13-/m0/s1. The van der Waals surface area contributed by atoms with Crippen LogP contribution >= 0.6 is 11.3 Å². The quantitative estimate of drug-likeness (QED) is 0.875. The van der Waals surface area contributed by atoms with Crippen LogP contribution in [0.4, 0.5) is 10.8 Å². The first-order valence-corrected chi connectivity index (χ1v) is 9.44. The van der Waals surface area contributed by atoms with E-state index in [9.17, 15) is 9.59 Å². The first-order chi connectivity index (χ1) is 12.0. The van der Waals surface area contributed by atoms with Crippen LogP contribution in [0.25, 0.3) is 0 Å². The molecule has 0 spiro atoms. The molecule has 2 amide bonds. The van der Waals surface area contributed by atoms with E-state index in [0.717, 1.165) is 29.1 Å². The summed E-state index contributed by atoms with van der Waals surface area (Å²) in [6.45, 7) is 6.86. The van der Waals surface area contributed by atoms with Gasteiger partial charge in [-0.25, -0.2) is 4.98 Å². The number of carbonyl (C=O) groups excluding carboxylic acids is 2. The zero-order valence-electron chi connectivity index (χ0n) is 14.8. The highest BCUT2D eigenvalue weighted by Gasteiger charge is 2.22. The van der Waals surface area contributed by atoms with Gasteiger partial charge in [-0.2, -0.15) is 0 Å². The molecule has 1 atom stereocenters. The third-order valence-corrected chi connectivity index (χ3v) is 5.71. The Bertz CT molecular complexity index is 767. The molecule has 1 aliphatic rings. The summed E-state index contributed by atoms with van der Waals surface area (Å²) in [4.78, 5) is 31.5. The zero-order valence-corrected chi connectivity index (χ0v) is 15.6. The van der Waals surface area contributed by atoms with E-state index >= 15 is 0 Å². The first kappa shape index (κ1) is 17.6. The lowest BCUT2D eigenvalue weighted by Gasteiger charge is -2.17. The van der Waals surface area contributed by atoms with Crippen molar-refractivity contribution in [1.82, 2.24) is 4.98 Å². The van der Waals surface area contributed by atoms with Gasteiger partial charge in [0, 0.05) is 29.7 Å². The van der Waals surface area contributed by atoms with Crippen LogP contribution < -0.4 is 10.2 Å². The maximum Gasteiger partial charge on any atom is 0.233 e. The summed E-state index contributed by atoms with van der Waals surface area (Å²) in [5.41, 5.74) is 1.83. The summed E-state index contributed by atoms with van der Waals surface area (Å²) < 4.78 is 0. The molecule has 2 aromatic rings. The minimum atomic E-state index is -0.283. The molecule has 0 aliphatic carbocycles. The molecular weight excluding hydrogens is 334 g/mol. The second kappa shape index (κ2) is 7.35. The van der Waals surface area contributed by atoms with Crippen molar-refractivity contribution in [3.63, 3.8) is 0 Å². The van der Waals surface area contributed by atoms with E-state index in [1.165, 1.54) is 11.3 Å². The molecule has 1 fully saturated rings. The summed E-state index contributed by atoms with van der Waals surface area (Å²) in [5.74, 6) is 0.217. The van der Waals surface area contributed by atoms with Crippen molar-refractivity contribution < 1.29 is 9.59 Å². The van der Waals surface area contributed by atoms with Crippen molar-refractivity contribution in [2.24, 2.45) is 0 Å². The van der Waals surface area contributed by atoms with Gasteiger partial charge in [0.15, 0.2) is 5.13 Å². The molecule has 0 saturated carbocycles. The zero-order chi connectivity index (χ0) is 18.0. The van der Waals surface area contributed by atoms with Crippen molar-refractivity contribution in [2.75, 3.05) is 16.8 Å². The molecule has 2 heterocycles. The number of thiazole rings is 1. The predicted octanol–water partition coefficient (Wildman–Crippen LogP) is 4.14. The van der Waals surface area contributed by atoms with E-state index in [-0.39, 0.29) is 17.7 Å². The Morgan fingerprint density at radius 2 is 1.96 bits per heavy atom. The van der Waals surface area contributed by atoms with Gasteiger partial charge in [0.05, 0.1) is 5.92 Å². The second-order valence-corrected chi connectivity index (χ2v) is 7.74. The van der Waals surface area contributed by atoms with Gasteiger partial charge in [-0.05, 0) is 37.0 Å². The molecule has 0 unspecified atom stereocenters. The van der Waals surface area contributed by atoms with Crippen LogP contribution in [0.15, 0.2) is 30.5 Å². The maximum absolute atomic E-state index is 12.5. The van der Waals surface area contributed by atoms with E-state index in [2.05, 4.69) is 24.1 Å². The molecule has 6 heteroatoms. The van der Waals surface area contributed by atoms with Crippen LogP contribution in [0.1, 0.15) is 55.9 Å². The Hall–Kier alpha value is -2.21.